The molecule has 0 aliphatic carbocycles. The number of rotatable bonds is 2. The molecule has 0 unspecified atom stereocenters. The maximum Gasteiger partial charge on any atom is 0.274 e. The Morgan fingerprint density at radius 1 is 1.13 bits per heavy atom. The van der Waals surface area contributed by atoms with Crippen LogP contribution in [0.25, 0.3) is 0 Å². The average molecular weight is 308 g/mol. The molecule has 0 N–H and O–H groups in total. The number of nitrogens with zero attached hydrogens (tertiary/aromatic N) is 4. The van der Waals surface area contributed by atoms with Crippen molar-refractivity contribution in [1.82, 2.24) is 19.8 Å². The maximum atomic E-state index is 12.4. The topological polar surface area (TPSA) is 49.3 Å². The summed E-state index contributed by atoms with van der Waals surface area (Å²) in [5, 5.41) is 0. The fourth-order valence-electron chi connectivity index (χ4n) is 3.35. The Morgan fingerprint density at radius 3 is 2.65 bits per heavy atom. The van der Waals surface area contributed by atoms with Crippen molar-refractivity contribution >= 4 is 5.91 Å². The zero-order chi connectivity index (χ0) is 15.8. The first-order valence-electron chi connectivity index (χ1n) is 8.09. The summed E-state index contributed by atoms with van der Waals surface area (Å²) in [7, 11) is 0. The number of aromatic nitrogens is 2. The van der Waals surface area contributed by atoms with Crippen molar-refractivity contribution in [2.24, 2.45) is 0 Å². The predicted molar refractivity (Wildman–Crippen MR) is 87.0 cm³/mol. The van der Waals surface area contributed by atoms with Gasteiger partial charge in [-0.3, -0.25) is 14.7 Å². The van der Waals surface area contributed by atoms with Crippen LogP contribution in [0.5, 0.6) is 0 Å². The van der Waals surface area contributed by atoms with Gasteiger partial charge in [0.25, 0.3) is 5.91 Å². The lowest BCUT2D eigenvalue weighted by molar-refractivity contribution is 0.0214. The molecular weight excluding hydrogens is 288 g/mol. The first kappa shape index (κ1) is 14.3. The van der Waals surface area contributed by atoms with Gasteiger partial charge in [-0.15, -0.1) is 0 Å². The summed E-state index contributed by atoms with van der Waals surface area (Å²) in [5.41, 5.74) is 4.16. The van der Waals surface area contributed by atoms with Gasteiger partial charge in [-0.25, -0.2) is 4.98 Å². The molecule has 1 saturated heterocycles. The quantitative estimate of drug-likeness (QED) is 0.847. The van der Waals surface area contributed by atoms with E-state index in [4.69, 9.17) is 0 Å². The zero-order valence-corrected chi connectivity index (χ0v) is 13.3. The highest BCUT2D eigenvalue weighted by Crippen LogP contribution is 2.24. The standard InChI is InChI=1S/C18H20N4O/c1-13-8-20-17(9-19-13)18(23)22-11-16(12-22)21-7-6-14-4-2-3-5-15(14)10-21/h2-5,8-9,16H,6-7,10-12H2,1H3. The molecule has 2 aliphatic rings. The molecule has 1 amide bonds. The summed E-state index contributed by atoms with van der Waals surface area (Å²) in [6.45, 7) is 5.52. The van der Waals surface area contributed by atoms with Crippen molar-refractivity contribution in [2.75, 3.05) is 19.6 Å². The Kier molecular flexibility index (Phi) is 3.58. The molecule has 1 aromatic carbocycles. The van der Waals surface area contributed by atoms with E-state index in [9.17, 15) is 4.79 Å². The maximum absolute atomic E-state index is 12.4. The second-order valence-electron chi connectivity index (χ2n) is 6.40. The molecule has 0 radical (unpaired) electrons. The van der Waals surface area contributed by atoms with Gasteiger partial charge in [-0.1, -0.05) is 24.3 Å². The van der Waals surface area contributed by atoms with Crippen molar-refractivity contribution in [3.8, 4) is 0 Å². The number of fused-ring (bicyclic) bond motifs is 1. The van der Waals surface area contributed by atoms with Gasteiger partial charge < -0.3 is 4.90 Å². The van der Waals surface area contributed by atoms with E-state index in [-0.39, 0.29) is 5.91 Å². The van der Waals surface area contributed by atoms with Crippen LogP contribution in [0.2, 0.25) is 0 Å². The number of aryl methyl sites for hydroxylation is 1. The smallest absolute Gasteiger partial charge is 0.274 e. The Morgan fingerprint density at radius 2 is 1.91 bits per heavy atom. The zero-order valence-electron chi connectivity index (χ0n) is 13.3. The fourth-order valence-corrected chi connectivity index (χ4v) is 3.35. The molecule has 0 spiro atoms. The highest BCUT2D eigenvalue weighted by atomic mass is 16.2. The molecule has 23 heavy (non-hydrogen) atoms. The highest BCUT2D eigenvalue weighted by molar-refractivity contribution is 5.92. The number of benzene rings is 1. The van der Waals surface area contributed by atoms with Crippen LogP contribution < -0.4 is 0 Å². The lowest BCUT2D eigenvalue weighted by Crippen LogP contribution is -2.61. The molecule has 118 valence electrons. The minimum absolute atomic E-state index is 0.00819. The van der Waals surface area contributed by atoms with E-state index in [0.29, 0.717) is 11.7 Å². The van der Waals surface area contributed by atoms with Gasteiger partial charge in [0.15, 0.2) is 0 Å². The van der Waals surface area contributed by atoms with Crippen molar-refractivity contribution in [2.45, 2.75) is 25.9 Å². The molecule has 1 aromatic heterocycles. The molecule has 4 rings (SSSR count). The predicted octanol–water partition coefficient (Wildman–Crippen LogP) is 1.67. The fraction of sp³-hybridized carbons (Fsp3) is 0.389. The van der Waals surface area contributed by atoms with Crippen LogP contribution in [-0.2, 0) is 13.0 Å². The number of carbonyl (C=O) groups is 1. The van der Waals surface area contributed by atoms with E-state index in [1.807, 2.05) is 11.8 Å². The van der Waals surface area contributed by atoms with Gasteiger partial charge in [0.05, 0.1) is 11.9 Å². The number of amides is 1. The van der Waals surface area contributed by atoms with Gasteiger partial charge in [-0.2, -0.15) is 0 Å². The van der Waals surface area contributed by atoms with Crippen LogP contribution in [0.1, 0.15) is 27.3 Å². The summed E-state index contributed by atoms with van der Waals surface area (Å²) in [6.07, 6.45) is 4.32. The van der Waals surface area contributed by atoms with Gasteiger partial charge in [-0.05, 0) is 24.5 Å². The van der Waals surface area contributed by atoms with Gasteiger partial charge in [0.1, 0.15) is 5.69 Å². The highest BCUT2D eigenvalue weighted by Gasteiger charge is 2.36. The lowest BCUT2D eigenvalue weighted by atomic mass is 9.96. The van der Waals surface area contributed by atoms with Crippen molar-refractivity contribution in [1.29, 1.82) is 0 Å². The summed E-state index contributed by atoms with van der Waals surface area (Å²) < 4.78 is 0. The largest absolute Gasteiger partial charge is 0.334 e. The van der Waals surface area contributed by atoms with Crippen LogP contribution in [0.4, 0.5) is 0 Å². The third kappa shape index (κ3) is 2.72. The molecule has 2 aliphatic heterocycles. The third-order valence-corrected chi connectivity index (χ3v) is 4.83. The van der Waals surface area contributed by atoms with Crippen molar-refractivity contribution < 1.29 is 4.79 Å². The second kappa shape index (κ2) is 5.74. The summed E-state index contributed by atoms with van der Waals surface area (Å²) in [5.74, 6) is -0.00819. The Bertz CT molecular complexity index is 722. The summed E-state index contributed by atoms with van der Waals surface area (Å²) >= 11 is 0. The van der Waals surface area contributed by atoms with Crippen LogP contribution in [0.15, 0.2) is 36.7 Å². The minimum atomic E-state index is -0.00819. The van der Waals surface area contributed by atoms with Crippen molar-refractivity contribution in [3.63, 3.8) is 0 Å². The first-order chi connectivity index (χ1) is 11.2. The Balaban J connectivity index is 1.37. The molecule has 0 bridgehead atoms. The molecule has 0 saturated carbocycles. The normalized spacial score (nSPS) is 18.4. The van der Waals surface area contributed by atoms with E-state index in [1.54, 1.807) is 12.4 Å². The third-order valence-electron chi connectivity index (χ3n) is 4.83. The van der Waals surface area contributed by atoms with Crippen LogP contribution >= 0.6 is 0 Å². The first-order valence-corrected chi connectivity index (χ1v) is 8.09. The molecule has 0 atom stereocenters. The van der Waals surface area contributed by atoms with Crippen LogP contribution in [-0.4, -0.2) is 51.4 Å². The van der Waals surface area contributed by atoms with E-state index < -0.39 is 0 Å². The Labute approximate surface area is 136 Å². The van der Waals surface area contributed by atoms with E-state index >= 15 is 0 Å². The molecule has 5 heteroatoms. The number of hydrogen-bond donors (Lipinski definition) is 0. The minimum Gasteiger partial charge on any atom is -0.334 e. The van der Waals surface area contributed by atoms with Gasteiger partial charge >= 0.3 is 0 Å². The van der Waals surface area contributed by atoms with Crippen LogP contribution in [0, 0.1) is 6.92 Å². The van der Waals surface area contributed by atoms with Gasteiger partial charge in [0, 0.05) is 38.4 Å². The average Bonchev–Trinajstić information content (AvgIpc) is 2.54. The summed E-state index contributed by atoms with van der Waals surface area (Å²) in [4.78, 5) is 25.1. The van der Waals surface area contributed by atoms with Gasteiger partial charge in [0.2, 0.25) is 0 Å². The molecule has 2 aromatic rings. The Hall–Kier alpha value is -2.27. The van der Waals surface area contributed by atoms with E-state index in [2.05, 4.69) is 39.1 Å². The van der Waals surface area contributed by atoms with E-state index in [0.717, 1.165) is 38.3 Å². The number of likely N-dealkylation sites (tertiary alicyclic amines) is 1. The van der Waals surface area contributed by atoms with E-state index in [1.165, 1.54) is 11.1 Å². The van der Waals surface area contributed by atoms with Crippen molar-refractivity contribution in [3.05, 3.63) is 59.2 Å². The SMILES string of the molecule is Cc1cnc(C(=O)N2CC(N3CCc4ccccc4C3)C2)cn1. The monoisotopic (exact) mass is 308 g/mol. The second-order valence-corrected chi connectivity index (χ2v) is 6.40. The molecular formula is C18H20N4O. The molecule has 1 fully saturated rings. The summed E-state index contributed by atoms with van der Waals surface area (Å²) in [6, 6.07) is 9.12. The number of hydrogen-bond acceptors (Lipinski definition) is 4. The number of carbonyl (C=O) groups excluding carboxylic acids is 1. The molecule has 3 heterocycles. The molecule has 5 nitrogen and oxygen atoms in total. The lowest BCUT2D eigenvalue weighted by Gasteiger charge is -2.46. The van der Waals surface area contributed by atoms with Crippen LogP contribution in [0.3, 0.4) is 0 Å².